The summed E-state index contributed by atoms with van der Waals surface area (Å²) in [7, 11) is 3.55. The number of nitrogens with one attached hydrogen (secondary N) is 1. The SMILES string of the molecule is Cn1ccnc1-c1sc(NC(=O)c2ccn(C)c(=O)c2)nc1-c1ccccc1. The summed E-state index contributed by atoms with van der Waals surface area (Å²) in [5.74, 6) is 0.392. The highest BCUT2D eigenvalue weighted by Gasteiger charge is 2.19. The Balaban J connectivity index is 1.73. The molecule has 0 saturated carbocycles. The Bertz CT molecular complexity index is 1210. The molecule has 0 unspecified atom stereocenters. The van der Waals surface area contributed by atoms with Gasteiger partial charge in [-0.2, -0.15) is 0 Å². The molecule has 0 aliphatic heterocycles. The van der Waals surface area contributed by atoms with Crippen LogP contribution in [-0.4, -0.2) is 25.0 Å². The number of pyridine rings is 1. The number of amides is 1. The Morgan fingerprint density at radius 2 is 1.86 bits per heavy atom. The standard InChI is InChI=1S/C20H17N5O2S/c1-24-10-8-14(12-15(24)26)19(27)23-20-22-16(13-6-4-3-5-7-13)17(28-20)18-21-9-11-25(18)2/h3-12H,1-2H3,(H,22,23,27). The van der Waals surface area contributed by atoms with E-state index in [0.717, 1.165) is 22.0 Å². The first-order chi connectivity index (χ1) is 13.5. The van der Waals surface area contributed by atoms with E-state index in [1.54, 1.807) is 25.5 Å². The normalized spacial score (nSPS) is 10.8. The van der Waals surface area contributed by atoms with Gasteiger partial charge in [0.25, 0.3) is 11.5 Å². The van der Waals surface area contributed by atoms with Gasteiger partial charge in [-0.15, -0.1) is 0 Å². The highest BCUT2D eigenvalue weighted by molar-refractivity contribution is 7.19. The lowest BCUT2D eigenvalue weighted by Gasteiger charge is -2.02. The average Bonchev–Trinajstić information content (AvgIpc) is 3.30. The van der Waals surface area contributed by atoms with Crippen molar-refractivity contribution >= 4 is 22.4 Å². The minimum absolute atomic E-state index is 0.245. The minimum atomic E-state index is -0.377. The maximum Gasteiger partial charge on any atom is 0.257 e. The molecular weight excluding hydrogens is 374 g/mol. The molecule has 4 aromatic rings. The molecule has 7 nitrogen and oxygen atoms in total. The number of anilines is 1. The second-order valence-corrected chi connectivity index (χ2v) is 7.24. The zero-order chi connectivity index (χ0) is 19.7. The lowest BCUT2D eigenvalue weighted by Crippen LogP contribution is -2.19. The molecule has 1 N–H and O–H groups in total. The molecule has 0 radical (unpaired) electrons. The van der Waals surface area contributed by atoms with Crippen LogP contribution in [0.1, 0.15) is 10.4 Å². The van der Waals surface area contributed by atoms with Crippen LogP contribution in [0.15, 0.2) is 65.8 Å². The fourth-order valence-electron chi connectivity index (χ4n) is 2.76. The van der Waals surface area contributed by atoms with Crippen LogP contribution in [-0.2, 0) is 14.1 Å². The monoisotopic (exact) mass is 391 g/mol. The minimum Gasteiger partial charge on any atom is -0.333 e. The number of imidazole rings is 1. The highest BCUT2D eigenvalue weighted by atomic mass is 32.1. The van der Waals surface area contributed by atoms with Crippen LogP contribution in [0.25, 0.3) is 22.0 Å². The second kappa shape index (κ2) is 7.24. The molecule has 28 heavy (non-hydrogen) atoms. The largest absolute Gasteiger partial charge is 0.333 e. The number of thiazole rings is 1. The van der Waals surface area contributed by atoms with Crippen molar-refractivity contribution in [1.82, 2.24) is 19.1 Å². The van der Waals surface area contributed by atoms with Crippen LogP contribution in [0.4, 0.5) is 5.13 Å². The van der Waals surface area contributed by atoms with Crippen LogP contribution in [0.2, 0.25) is 0 Å². The molecule has 4 rings (SSSR count). The van der Waals surface area contributed by atoms with Crippen molar-refractivity contribution in [2.24, 2.45) is 14.1 Å². The molecule has 3 heterocycles. The van der Waals surface area contributed by atoms with Crippen molar-refractivity contribution in [1.29, 1.82) is 0 Å². The van der Waals surface area contributed by atoms with Gasteiger partial charge in [-0.25, -0.2) is 9.97 Å². The fourth-order valence-corrected chi connectivity index (χ4v) is 3.78. The summed E-state index contributed by atoms with van der Waals surface area (Å²) in [6.45, 7) is 0. The predicted molar refractivity (Wildman–Crippen MR) is 109 cm³/mol. The lowest BCUT2D eigenvalue weighted by atomic mass is 10.1. The van der Waals surface area contributed by atoms with Gasteiger partial charge in [0.2, 0.25) is 0 Å². The van der Waals surface area contributed by atoms with Crippen LogP contribution in [0.5, 0.6) is 0 Å². The number of carbonyl (C=O) groups is 1. The van der Waals surface area contributed by atoms with Crippen molar-refractivity contribution in [3.8, 4) is 22.0 Å². The summed E-state index contributed by atoms with van der Waals surface area (Å²) in [4.78, 5) is 34.3. The Morgan fingerprint density at radius 1 is 1.07 bits per heavy atom. The molecule has 140 valence electrons. The van der Waals surface area contributed by atoms with Gasteiger partial charge in [0, 0.05) is 49.9 Å². The molecule has 0 spiro atoms. The van der Waals surface area contributed by atoms with Crippen LogP contribution < -0.4 is 10.9 Å². The molecule has 8 heteroatoms. The van der Waals surface area contributed by atoms with Crippen molar-refractivity contribution in [2.45, 2.75) is 0 Å². The van der Waals surface area contributed by atoms with Gasteiger partial charge in [0.05, 0.1) is 10.6 Å². The van der Waals surface area contributed by atoms with E-state index in [9.17, 15) is 9.59 Å². The predicted octanol–water partition coefficient (Wildman–Crippen LogP) is 3.16. The zero-order valence-electron chi connectivity index (χ0n) is 15.3. The average molecular weight is 391 g/mol. The molecule has 0 aliphatic carbocycles. The smallest absolute Gasteiger partial charge is 0.257 e. The van der Waals surface area contributed by atoms with Gasteiger partial charge in [-0.3, -0.25) is 14.9 Å². The van der Waals surface area contributed by atoms with E-state index in [2.05, 4.69) is 15.3 Å². The van der Waals surface area contributed by atoms with Gasteiger partial charge in [-0.05, 0) is 6.07 Å². The summed E-state index contributed by atoms with van der Waals surface area (Å²) in [6.07, 6.45) is 5.15. The van der Waals surface area contributed by atoms with E-state index in [1.807, 2.05) is 48.1 Å². The third kappa shape index (κ3) is 3.37. The summed E-state index contributed by atoms with van der Waals surface area (Å²) >= 11 is 1.35. The Morgan fingerprint density at radius 3 is 2.54 bits per heavy atom. The molecule has 0 saturated heterocycles. The van der Waals surface area contributed by atoms with Crippen LogP contribution >= 0.6 is 11.3 Å². The maximum atomic E-state index is 12.6. The fraction of sp³-hybridized carbons (Fsp3) is 0.100. The first kappa shape index (κ1) is 17.9. The number of rotatable bonds is 4. The van der Waals surface area contributed by atoms with Crippen molar-refractivity contribution in [2.75, 3.05) is 5.32 Å². The first-order valence-electron chi connectivity index (χ1n) is 8.55. The third-order valence-electron chi connectivity index (χ3n) is 4.29. The Kier molecular flexibility index (Phi) is 4.62. The lowest BCUT2D eigenvalue weighted by molar-refractivity contribution is 0.102. The van der Waals surface area contributed by atoms with Gasteiger partial charge in [0.1, 0.15) is 0 Å². The van der Waals surface area contributed by atoms with Crippen molar-refractivity contribution < 1.29 is 4.79 Å². The molecular formula is C20H17N5O2S. The molecule has 0 fully saturated rings. The molecule has 1 amide bonds. The number of benzene rings is 1. The van der Waals surface area contributed by atoms with Gasteiger partial charge in [-0.1, -0.05) is 41.7 Å². The topological polar surface area (TPSA) is 81.8 Å². The molecule has 0 atom stereocenters. The van der Waals surface area contributed by atoms with Gasteiger partial charge >= 0.3 is 0 Å². The number of hydrogen-bond donors (Lipinski definition) is 1. The van der Waals surface area contributed by atoms with E-state index >= 15 is 0 Å². The second-order valence-electron chi connectivity index (χ2n) is 6.24. The number of aromatic nitrogens is 4. The van der Waals surface area contributed by atoms with Crippen molar-refractivity contribution in [3.05, 3.63) is 77.0 Å². The Hall–Kier alpha value is -3.52. The number of nitrogens with zero attached hydrogens (tertiary/aromatic N) is 4. The molecule has 1 aromatic carbocycles. The van der Waals surface area contributed by atoms with E-state index in [-0.39, 0.29) is 17.0 Å². The zero-order valence-corrected chi connectivity index (χ0v) is 16.1. The summed E-state index contributed by atoms with van der Waals surface area (Å²) in [5, 5.41) is 3.25. The number of aryl methyl sites for hydroxylation is 2. The summed E-state index contributed by atoms with van der Waals surface area (Å²) in [5.41, 5.74) is 1.73. The third-order valence-corrected chi connectivity index (χ3v) is 5.25. The van der Waals surface area contributed by atoms with Crippen LogP contribution in [0.3, 0.4) is 0 Å². The number of hydrogen-bond acceptors (Lipinski definition) is 5. The molecule has 3 aromatic heterocycles. The highest BCUT2D eigenvalue weighted by Crippen LogP contribution is 2.38. The van der Waals surface area contributed by atoms with Crippen LogP contribution in [0, 0.1) is 0 Å². The quantitative estimate of drug-likeness (QED) is 0.579. The summed E-state index contributed by atoms with van der Waals surface area (Å²) in [6, 6.07) is 12.7. The van der Waals surface area contributed by atoms with Gasteiger partial charge in [0.15, 0.2) is 11.0 Å². The maximum absolute atomic E-state index is 12.6. The van der Waals surface area contributed by atoms with E-state index < -0.39 is 0 Å². The Labute approximate surface area is 164 Å². The first-order valence-corrected chi connectivity index (χ1v) is 9.36. The molecule has 0 aliphatic rings. The van der Waals surface area contributed by atoms with Crippen molar-refractivity contribution in [3.63, 3.8) is 0 Å². The van der Waals surface area contributed by atoms with E-state index in [4.69, 9.17) is 0 Å². The number of carbonyl (C=O) groups excluding carboxylic acids is 1. The van der Waals surface area contributed by atoms with E-state index in [1.165, 1.54) is 22.0 Å². The molecule has 0 bridgehead atoms. The summed E-state index contributed by atoms with van der Waals surface area (Å²) < 4.78 is 3.32. The van der Waals surface area contributed by atoms with E-state index in [0.29, 0.717) is 5.13 Å². The van der Waals surface area contributed by atoms with Gasteiger partial charge < -0.3 is 9.13 Å².